The van der Waals surface area contributed by atoms with Gasteiger partial charge in [-0.25, -0.2) is 9.97 Å². The molecule has 2 aromatic heterocycles. The molecule has 2 heterocycles. The Morgan fingerprint density at radius 3 is 2.77 bits per heavy atom. The average molecular weight is 192 g/mol. The fourth-order valence-electron chi connectivity index (χ4n) is 1.43. The number of aryl methyl sites for hydroxylation is 1. The van der Waals surface area contributed by atoms with Gasteiger partial charge in [0, 0.05) is 0 Å². The van der Waals surface area contributed by atoms with E-state index in [1.165, 1.54) is 0 Å². The first kappa shape index (κ1) is 8.63. The van der Waals surface area contributed by atoms with Crippen molar-refractivity contribution in [2.75, 3.05) is 0 Å². The van der Waals surface area contributed by atoms with Crippen molar-refractivity contribution >= 4 is 21.7 Å². The van der Waals surface area contributed by atoms with Crippen LogP contribution >= 0.6 is 11.3 Å². The van der Waals surface area contributed by atoms with Crippen LogP contribution in [0, 0.1) is 6.92 Å². The molecule has 0 unspecified atom stereocenters. The maximum atomic E-state index is 4.58. The van der Waals surface area contributed by atoms with Gasteiger partial charge in [0.2, 0.25) is 0 Å². The minimum Gasteiger partial charge on any atom is -0.248 e. The van der Waals surface area contributed by atoms with Gasteiger partial charge in [0.15, 0.2) is 0 Å². The highest BCUT2D eigenvalue weighted by Crippen LogP contribution is 2.22. The molecule has 0 radical (unpaired) electrons. The summed E-state index contributed by atoms with van der Waals surface area (Å²) in [5, 5.41) is 2.04. The van der Waals surface area contributed by atoms with Crippen LogP contribution in [0.2, 0.25) is 0 Å². The molecule has 0 aromatic carbocycles. The van der Waals surface area contributed by atoms with Crippen molar-refractivity contribution in [1.29, 1.82) is 0 Å². The molecule has 0 bridgehead atoms. The van der Waals surface area contributed by atoms with E-state index in [9.17, 15) is 0 Å². The first-order valence-electron chi connectivity index (χ1n) is 4.40. The monoisotopic (exact) mass is 192 g/mol. The zero-order valence-electron chi connectivity index (χ0n) is 8.03. The van der Waals surface area contributed by atoms with Crippen LogP contribution in [-0.2, 0) is 0 Å². The van der Waals surface area contributed by atoms with Gasteiger partial charge in [0.05, 0.1) is 11.4 Å². The Morgan fingerprint density at radius 2 is 2.08 bits per heavy atom. The topological polar surface area (TPSA) is 25.8 Å². The highest BCUT2D eigenvalue weighted by atomic mass is 32.1. The van der Waals surface area contributed by atoms with Gasteiger partial charge < -0.3 is 0 Å². The van der Waals surface area contributed by atoms with Crippen LogP contribution in [0.4, 0.5) is 0 Å². The lowest BCUT2D eigenvalue weighted by molar-refractivity contribution is 0.807. The van der Waals surface area contributed by atoms with E-state index in [0.29, 0.717) is 5.92 Å². The Hall–Kier alpha value is -0.960. The second-order valence-corrected chi connectivity index (χ2v) is 4.35. The van der Waals surface area contributed by atoms with E-state index in [1.54, 1.807) is 11.3 Å². The second-order valence-electron chi connectivity index (χ2n) is 3.46. The SMILES string of the molecule is Cc1nc2sccc2nc1C(C)C. The summed E-state index contributed by atoms with van der Waals surface area (Å²) < 4.78 is 0. The van der Waals surface area contributed by atoms with E-state index in [-0.39, 0.29) is 0 Å². The maximum Gasteiger partial charge on any atom is 0.142 e. The summed E-state index contributed by atoms with van der Waals surface area (Å²) in [4.78, 5) is 10.1. The van der Waals surface area contributed by atoms with E-state index in [1.807, 2.05) is 18.4 Å². The first-order valence-corrected chi connectivity index (χ1v) is 5.28. The van der Waals surface area contributed by atoms with Crippen molar-refractivity contribution in [3.05, 3.63) is 22.8 Å². The van der Waals surface area contributed by atoms with Crippen LogP contribution in [0.15, 0.2) is 11.4 Å². The lowest BCUT2D eigenvalue weighted by Gasteiger charge is -2.06. The maximum absolute atomic E-state index is 4.58. The summed E-state index contributed by atoms with van der Waals surface area (Å²) in [6.07, 6.45) is 0. The van der Waals surface area contributed by atoms with E-state index in [4.69, 9.17) is 0 Å². The molecule has 0 aliphatic carbocycles. The number of nitrogens with zero attached hydrogens (tertiary/aromatic N) is 2. The predicted molar refractivity (Wildman–Crippen MR) is 56.2 cm³/mol. The molecule has 2 nitrogen and oxygen atoms in total. The number of hydrogen-bond acceptors (Lipinski definition) is 3. The predicted octanol–water partition coefficient (Wildman–Crippen LogP) is 3.12. The summed E-state index contributed by atoms with van der Waals surface area (Å²) in [5.74, 6) is 0.455. The van der Waals surface area contributed by atoms with Gasteiger partial charge in [-0.2, -0.15) is 0 Å². The van der Waals surface area contributed by atoms with Gasteiger partial charge in [-0.1, -0.05) is 13.8 Å². The molecule has 0 N–H and O–H groups in total. The first-order chi connectivity index (χ1) is 6.18. The van der Waals surface area contributed by atoms with Crippen molar-refractivity contribution in [2.45, 2.75) is 26.7 Å². The smallest absolute Gasteiger partial charge is 0.142 e. The van der Waals surface area contributed by atoms with Gasteiger partial charge in [-0.3, -0.25) is 0 Å². The molecule has 0 atom stereocenters. The largest absolute Gasteiger partial charge is 0.248 e. The zero-order valence-corrected chi connectivity index (χ0v) is 8.85. The molecule has 68 valence electrons. The number of rotatable bonds is 1. The van der Waals surface area contributed by atoms with E-state index < -0.39 is 0 Å². The standard InChI is InChI=1S/C10H12N2S/c1-6(2)9-7(3)11-10-8(12-9)4-5-13-10/h4-6H,1-3H3. The molecule has 2 aromatic rings. The summed E-state index contributed by atoms with van der Waals surface area (Å²) in [5.41, 5.74) is 3.20. The van der Waals surface area contributed by atoms with Crippen molar-refractivity contribution in [3.63, 3.8) is 0 Å². The molecule has 13 heavy (non-hydrogen) atoms. The number of fused-ring (bicyclic) bond motifs is 1. The Labute approximate surface area is 81.7 Å². The minimum absolute atomic E-state index is 0.455. The molecule has 0 amide bonds. The van der Waals surface area contributed by atoms with Crippen LogP contribution in [-0.4, -0.2) is 9.97 Å². The molecular weight excluding hydrogens is 180 g/mol. The van der Waals surface area contributed by atoms with Crippen molar-refractivity contribution in [1.82, 2.24) is 9.97 Å². The zero-order chi connectivity index (χ0) is 9.42. The minimum atomic E-state index is 0.455. The Morgan fingerprint density at radius 1 is 1.31 bits per heavy atom. The Balaban J connectivity index is 2.69. The van der Waals surface area contributed by atoms with Crippen molar-refractivity contribution in [2.24, 2.45) is 0 Å². The van der Waals surface area contributed by atoms with E-state index >= 15 is 0 Å². The highest BCUT2D eigenvalue weighted by Gasteiger charge is 2.08. The van der Waals surface area contributed by atoms with Crippen LogP contribution < -0.4 is 0 Å². The average Bonchev–Trinajstić information content (AvgIpc) is 2.48. The van der Waals surface area contributed by atoms with Crippen LogP contribution in [0.3, 0.4) is 0 Å². The molecule has 0 aliphatic heterocycles. The van der Waals surface area contributed by atoms with Crippen molar-refractivity contribution in [3.8, 4) is 0 Å². The third kappa shape index (κ3) is 1.44. The van der Waals surface area contributed by atoms with Gasteiger partial charge in [0.25, 0.3) is 0 Å². The van der Waals surface area contributed by atoms with Crippen LogP contribution in [0.25, 0.3) is 10.3 Å². The van der Waals surface area contributed by atoms with E-state index in [2.05, 4.69) is 23.8 Å². The number of thiophene rings is 1. The van der Waals surface area contributed by atoms with Gasteiger partial charge >= 0.3 is 0 Å². The summed E-state index contributed by atoms with van der Waals surface area (Å²) in [6, 6.07) is 2.03. The fraction of sp³-hybridized carbons (Fsp3) is 0.400. The lowest BCUT2D eigenvalue weighted by atomic mass is 10.1. The third-order valence-corrected chi connectivity index (χ3v) is 2.85. The Kier molecular flexibility index (Phi) is 2.04. The summed E-state index contributed by atoms with van der Waals surface area (Å²) >= 11 is 1.65. The molecule has 0 fully saturated rings. The van der Waals surface area contributed by atoms with E-state index in [0.717, 1.165) is 21.7 Å². The Bertz CT molecular complexity index is 431. The molecular formula is C10H12N2S. The second kappa shape index (κ2) is 3.07. The van der Waals surface area contributed by atoms with Gasteiger partial charge in [0.1, 0.15) is 10.3 Å². The van der Waals surface area contributed by atoms with Gasteiger partial charge in [-0.15, -0.1) is 11.3 Å². The van der Waals surface area contributed by atoms with Crippen molar-refractivity contribution < 1.29 is 0 Å². The quantitative estimate of drug-likeness (QED) is 0.693. The third-order valence-electron chi connectivity index (χ3n) is 2.05. The number of aromatic nitrogens is 2. The molecule has 0 spiro atoms. The van der Waals surface area contributed by atoms with Gasteiger partial charge in [-0.05, 0) is 24.3 Å². The molecule has 0 saturated heterocycles. The summed E-state index contributed by atoms with van der Waals surface area (Å²) in [6.45, 7) is 6.33. The molecule has 0 saturated carbocycles. The normalized spacial score (nSPS) is 11.4. The molecule has 2 rings (SSSR count). The molecule has 0 aliphatic rings. The number of hydrogen-bond donors (Lipinski definition) is 0. The van der Waals surface area contributed by atoms with Crippen LogP contribution in [0.1, 0.15) is 31.2 Å². The fourth-order valence-corrected chi connectivity index (χ4v) is 2.18. The lowest BCUT2D eigenvalue weighted by Crippen LogP contribution is -1.98. The summed E-state index contributed by atoms with van der Waals surface area (Å²) in [7, 11) is 0. The highest BCUT2D eigenvalue weighted by molar-refractivity contribution is 7.16. The van der Waals surface area contributed by atoms with Crippen LogP contribution in [0.5, 0.6) is 0 Å². The molecule has 3 heteroatoms.